The number of nitrogens with zero attached hydrogens (tertiary/aromatic N) is 1. The lowest BCUT2D eigenvalue weighted by molar-refractivity contribution is 0.588. The average Bonchev–Trinajstić information content (AvgIpc) is 2.29. The molecule has 0 amide bonds. The molecule has 0 radical (unpaired) electrons. The van der Waals surface area contributed by atoms with E-state index in [1.54, 1.807) is 0 Å². The van der Waals surface area contributed by atoms with Gasteiger partial charge >= 0.3 is 0 Å². The Hall–Kier alpha value is -0.860. The van der Waals surface area contributed by atoms with Crippen molar-refractivity contribution in [3.63, 3.8) is 0 Å². The zero-order valence-corrected chi connectivity index (χ0v) is 12.0. The van der Waals surface area contributed by atoms with Gasteiger partial charge in [0.15, 0.2) is 0 Å². The first kappa shape index (κ1) is 14.2. The largest absolute Gasteiger partial charge is 0.397 e. The second-order valence-corrected chi connectivity index (χ2v) is 6.29. The van der Waals surface area contributed by atoms with Gasteiger partial charge < -0.3 is 11.1 Å². The summed E-state index contributed by atoms with van der Waals surface area (Å²) in [7, 11) is -1.82. The Bertz CT molecular complexity index is 504. The fourth-order valence-electron chi connectivity index (χ4n) is 1.12. The second-order valence-electron chi connectivity index (χ2n) is 3.45. The topological polar surface area (TPSA) is 97.1 Å². The lowest BCUT2D eigenvalue weighted by Gasteiger charge is -2.10. The van der Waals surface area contributed by atoms with E-state index in [9.17, 15) is 8.42 Å². The van der Waals surface area contributed by atoms with E-state index in [1.807, 2.05) is 6.92 Å². The molecular formula is C9H15BrN4O2S. The summed E-state index contributed by atoms with van der Waals surface area (Å²) in [4.78, 5) is 4.09. The second kappa shape index (κ2) is 5.65. The summed E-state index contributed by atoms with van der Waals surface area (Å²) >= 11 is 3.36. The van der Waals surface area contributed by atoms with Gasteiger partial charge in [0.2, 0.25) is 10.0 Å². The monoisotopic (exact) mass is 322 g/mol. The van der Waals surface area contributed by atoms with Crippen molar-refractivity contribution in [3.8, 4) is 0 Å². The van der Waals surface area contributed by atoms with E-state index in [0.29, 0.717) is 11.5 Å². The number of aromatic nitrogens is 1. The number of pyridine rings is 1. The van der Waals surface area contributed by atoms with Crippen LogP contribution in [0.4, 0.5) is 11.5 Å². The quantitative estimate of drug-likeness (QED) is 0.741. The third-order valence-corrected chi connectivity index (χ3v) is 4.61. The Kier molecular flexibility index (Phi) is 4.72. The maximum absolute atomic E-state index is 11.2. The maximum Gasteiger partial charge on any atom is 0.213 e. The first-order valence-corrected chi connectivity index (χ1v) is 7.37. The molecule has 17 heavy (non-hydrogen) atoms. The van der Waals surface area contributed by atoms with Crippen LogP contribution in [0.15, 0.2) is 10.7 Å². The molecule has 0 unspecified atom stereocenters. The third-order valence-electron chi connectivity index (χ3n) is 2.28. The molecule has 4 N–H and O–H groups in total. The molecule has 0 atom stereocenters. The van der Waals surface area contributed by atoms with Gasteiger partial charge in [-0.1, -0.05) is 0 Å². The van der Waals surface area contributed by atoms with Crippen LogP contribution in [0.3, 0.4) is 0 Å². The number of rotatable bonds is 5. The Morgan fingerprint density at radius 3 is 2.76 bits per heavy atom. The molecule has 0 aliphatic heterocycles. The molecular weight excluding hydrogens is 308 g/mol. The molecule has 6 nitrogen and oxygen atoms in total. The van der Waals surface area contributed by atoms with Gasteiger partial charge in [0, 0.05) is 6.54 Å². The van der Waals surface area contributed by atoms with Crippen LogP contribution in [-0.4, -0.2) is 32.7 Å². The molecule has 96 valence electrons. The van der Waals surface area contributed by atoms with Gasteiger partial charge in [-0.25, -0.2) is 18.1 Å². The van der Waals surface area contributed by atoms with Gasteiger partial charge in [0.1, 0.15) is 5.82 Å². The van der Waals surface area contributed by atoms with Crippen molar-refractivity contribution in [2.45, 2.75) is 6.92 Å². The van der Waals surface area contributed by atoms with Crippen molar-refractivity contribution in [1.29, 1.82) is 0 Å². The van der Waals surface area contributed by atoms with Crippen LogP contribution in [0.2, 0.25) is 0 Å². The van der Waals surface area contributed by atoms with Crippen LogP contribution < -0.4 is 15.8 Å². The van der Waals surface area contributed by atoms with Gasteiger partial charge in [-0.2, -0.15) is 0 Å². The highest BCUT2D eigenvalue weighted by atomic mass is 79.9. The van der Waals surface area contributed by atoms with Crippen LogP contribution in [0.1, 0.15) is 5.56 Å². The van der Waals surface area contributed by atoms with E-state index in [2.05, 4.69) is 31.0 Å². The number of nitrogens with one attached hydrogen (secondary N) is 2. The molecule has 1 heterocycles. The summed E-state index contributed by atoms with van der Waals surface area (Å²) in [6.07, 6.45) is 1.54. The highest BCUT2D eigenvalue weighted by molar-refractivity contribution is 9.10. The number of nitrogens with two attached hydrogens (primary N) is 1. The van der Waals surface area contributed by atoms with E-state index in [1.165, 1.54) is 13.2 Å². The molecule has 0 bridgehead atoms. The summed E-state index contributed by atoms with van der Waals surface area (Å²) in [5, 5.41) is 2.94. The minimum absolute atomic E-state index is 0.0129. The molecule has 0 aliphatic carbocycles. The lowest BCUT2D eigenvalue weighted by atomic mass is 10.2. The number of nitrogen functional groups attached to an aromatic ring is 1. The van der Waals surface area contributed by atoms with Gasteiger partial charge in [0.05, 0.1) is 22.1 Å². The minimum atomic E-state index is -3.20. The number of sulfonamides is 1. The van der Waals surface area contributed by atoms with E-state index >= 15 is 0 Å². The summed E-state index contributed by atoms with van der Waals surface area (Å²) in [5.74, 6) is 0.573. The first-order valence-electron chi connectivity index (χ1n) is 4.93. The van der Waals surface area contributed by atoms with E-state index in [-0.39, 0.29) is 12.3 Å². The summed E-state index contributed by atoms with van der Waals surface area (Å²) in [6, 6.07) is 0. The third kappa shape index (κ3) is 3.83. The normalized spacial score (nSPS) is 11.5. The molecule has 0 fully saturated rings. The molecule has 0 saturated carbocycles. The van der Waals surface area contributed by atoms with E-state index < -0.39 is 10.0 Å². The molecule has 0 spiro atoms. The van der Waals surface area contributed by atoms with Crippen molar-refractivity contribution >= 4 is 37.5 Å². The van der Waals surface area contributed by atoms with Gasteiger partial charge in [0.25, 0.3) is 0 Å². The summed E-state index contributed by atoms with van der Waals surface area (Å²) in [6.45, 7) is 2.13. The molecule has 0 saturated heterocycles. The van der Waals surface area contributed by atoms with Crippen LogP contribution in [0, 0.1) is 6.92 Å². The number of anilines is 2. The highest BCUT2D eigenvalue weighted by Gasteiger charge is 2.09. The van der Waals surface area contributed by atoms with Gasteiger partial charge in [-0.15, -0.1) is 0 Å². The van der Waals surface area contributed by atoms with Crippen LogP contribution >= 0.6 is 15.9 Å². The maximum atomic E-state index is 11.2. The van der Waals surface area contributed by atoms with Crippen LogP contribution in [0.25, 0.3) is 0 Å². The van der Waals surface area contributed by atoms with Crippen molar-refractivity contribution < 1.29 is 8.42 Å². The molecule has 0 aliphatic rings. The zero-order valence-electron chi connectivity index (χ0n) is 9.62. The molecule has 1 aromatic heterocycles. The van der Waals surface area contributed by atoms with Crippen LogP contribution in [-0.2, 0) is 10.0 Å². The molecule has 1 rings (SSSR count). The summed E-state index contributed by atoms with van der Waals surface area (Å²) in [5.41, 5.74) is 7.15. The van der Waals surface area contributed by atoms with Crippen LogP contribution in [0.5, 0.6) is 0 Å². The predicted octanol–water partition coefficient (Wildman–Crippen LogP) is 0.696. The molecule has 0 aromatic carbocycles. The summed E-state index contributed by atoms with van der Waals surface area (Å²) < 4.78 is 25.4. The fraction of sp³-hybridized carbons (Fsp3) is 0.444. The van der Waals surface area contributed by atoms with E-state index in [0.717, 1.165) is 10.0 Å². The molecule has 1 aromatic rings. The van der Waals surface area contributed by atoms with Crippen molar-refractivity contribution in [2.24, 2.45) is 0 Å². The Morgan fingerprint density at radius 1 is 1.53 bits per heavy atom. The average molecular weight is 323 g/mol. The fourth-order valence-corrected chi connectivity index (χ4v) is 2.17. The standard InChI is InChI=1S/C9H15BrN4O2S/c1-6-7(11)5-14-9(8(6)10)13-3-4-17(15,16)12-2/h5,12H,3-4,11H2,1-2H3,(H,13,14). The predicted molar refractivity (Wildman–Crippen MR) is 72.4 cm³/mol. The smallest absolute Gasteiger partial charge is 0.213 e. The lowest BCUT2D eigenvalue weighted by Crippen LogP contribution is -2.26. The van der Waals surface area contributed by atoms with Gasteiger partial charge in [-0.3, -0.25) is 0 Å². The minimum Gasteiger partial charge on any atom is -0.397 e. The van der Waals surface area contributed by atoms with Crippen molar-refractivity contribution in [1.82, 2.24) is 9.71 Å². The number of halogens is 1. The first-order chi connectivity index (χ1) is 7.87. The Labute approximate surface area is 109 Å². The number of hydrogen-bond donors (Lipinski definition) is 3. The number of hydrogen-bond acceptors (Lipinski definition) is 5. The van der Waals surface area contributed by atoms with Crippen molar-refractivity contribution in [3.05, 3.63) is 16.2 Å². The van der Waals surface area contributed by atoms with Gasteiger partial charge in [-0.05, 0) is 35.5 Å². The SMILES string of the molecule is CNS(=O)(=O)CCNc1ncc(N)c(C)c1Br. The Morgan fingerprint density at radius 2 is 2.18 bits per heavy atom. The highest BCUT2D eigenvalue weighted by Crippen LogP contribution is 2.27. The molecule has 8 heteroatoms. The Balaban J connectivity index is 2.68. The van der Waals surface area contributed by atoms with Crippen molar-refractivity contribution in [2.75, 3.05) is 30.4 Å². The zero-order chi connectivity index (χ0) is 13.1. The van der Waals surface area contributed by atoms with E-state index in [4.69, 9.17) is 5.73 Å².